The number of hydrogen-bond acceptors (Lipinski definition) is 3. The lowest BCUT2D eigenvalue weighted by Gasteiger charge is -2.19. The number of hydrogen-bond donors (Lipinski definition) is 1. The first-order chi connectivity index (χ1) is 11.6. The van der Waals surface area contributed by atoms with Gasteiger partial charge in [0.15, 0.2) is 0 Å². The van der Waals surface area contributed by atoms with E-state index >= 15 is 0 Å². The molecule has 0 spiro atoms. The van der Waals surface area contributed by atoms with E-state index in [-0.39, 0.29) is 5.91 Å². The summed E-state index contributed by atoms with van der Waals surface area (Å²) in [4.78, 5) is 14.8. The van der Waals surface area contributed by atoms with E-state index in [9.17, 15) is 4.79 Å². The first-order valence-electron chi connectivity index (χ1n) is 7.78. The highest BCUT2D eigenvalue weighted by Crippen LogP contribution is 2.31. The van der Waals surface area contributed by atoms with Crippen LogP contribution in [-0.4, -0.2) is 26.1 Å². The molecule has 1 saturated heterocycles. The Kier molecular flexibility index (Phi) is 5.31. The summed E-state index contributed by atoms with van der Waals surface area (Å²) < 4.78 is 6.07. The van der Waals surface area contributed by atoms with Crippen LogP contribution in [0.1, 0.15) is 23.2 Å². The van der Waals surface area contributed by atoms with Crippen molar-refractivity contribution in [3.63, 3.8) is 0 Å². The van der Waals surface area contributed by atoms with Gasteiger partial charge in [0.05, 0.1) is 23.4 Å². The molecule has 0 atom stereocenters. The zero-order chi connectivity index (χ0) is 17.1. The van der Waals surface area contributed by atoms with Crippen LogP contribution >= 0.6 is 27.5 Å². The quantitative estimate of drug-likeness (QED) is 0.775. The molecular formula is C18H18BrClN2O2. The molecular weight excluding hydrogens is 392 g/mol. The average molecular weight is 410 g/mol. The van der Waals surface area contributed by atoms with E-state index in [1.165, 1.54) is 12.8 Å². The molecule has 0 aliphatic carbocycles. The normalized spacial score (nSPS) is 13.9. The minimum absolute atomic E-state index is 0.238. The van der Waals surface area contributed by atoms with Crippen LogP contribution in [0.3, 0.4) is 0 Å². The molecule has 0 unspecified atom stereocenters. The van der Waals surface area contributed by atoms with Gasteiger partial charge in [-0.05, 0) is 49.2 Å². The molecule has 1 aliphatic rings. The number of nitrogens with one attached hydrogen (secondary N) is 1. The molecule has 0 bridgehead atoms. The van der Waals surface area contributed by atoms with Gasteiger partial charge >= 0.3 is 0 Å². The van der Waals surface area contributed by atoms with Crippen molar-refractivity contribution in [1.82, 2.24) is 0 Å². The summed E-state index contributed by atoms with van der Waals surface area (Å²) in [6.07, 6.45) is 2.38. The van der Waals surface area contributed by atoms with Crippen LogP contribution in [0.15, 0.2) is 40.9 Å². The summed E-state index contributed by atoms with van der Waals surface area (Å²) in [5, 5.41) is 3.53. The second-order valence-electron chi connectivity index (χ2n) is 5.66. The van der Waals surface area contributed by atoms with Crippen molar-refractivity contribution in [2.45, 2.75) is 12.8 Å². The van der Waals surface area contributed by atoms with Gasteiger partial charge in [0, 0.05) is 23.2 Å². The maximum Gasteiger partial charge on any atom is 0.259 e. The smallest absolute Gasteiger partial charge is 0.259 e. The van der Waals surface area contributed by atoms with Crippen LogP contribution in [-0.2, 0) is 0 Å². The van der Waals surface area contributed by atoms with Gasteiger partial charge in [0.25, 0.3) is 5.91 Å². The Labute approximate surface area is 154 Å². The van der Waals surface area contributed by atoms with Crippen molar-refractivity contribution >= 4 is 44.8 Å². The Morgan fingerprint density at radius 1 is 1.21 bits per heavy atom. The van der Waals surface area contributed by atoms with Crippen molar-refractivity contribution in [3.8, 4) is 5.75 Å². The average Bonchev–Trinajstić information content (AvgIpc) is 3.09. The molecule has 1 amide bonds. The summed E-state index contributed by atoms with van der Waals surface area (Å²) in [5.74, 6) is 0.286. The SMILES string of the molecule is COc1ccc(Br)cc1C(=O)Nc1ccc(N2CCCC2)c(Cl)c1. The third-order valence-electron chi connectivity index (χ3n) is 4.06. The number of amides is 1. The molecule has 1 heterocycles. The largest absolute Gasteiger partial charge is 0.496 e. The lowest BCUT2D eigenvalue weighted by molar-refractivity contribution is 0.102. The van der Waals surface area contributed by atoms with Gasteiger partial charge in [0.2, 0.25) is 0 Å². The van der Waals surface area contributed by atoms with Gasteiger partial charge in [0.1, 0.15) is 5.75 Å². The van der Waals surface area contributed by atoms with Crippen LogP contribution in [0.25, 0.3) is 0 Å². The second kappa shape index (κ2) is 7.45. The number of carbonyl (C=O) groups is 1. The van der Waals surface area contributed by atoms with E-state index in [2.05, 4.69) is 26.1 Å². The van der Waals surface area contributed by atoms with Crippen LogP contribution in [0, 0.1) is 0 Å². The van der Waals surface area contributed by atoms with Crippen molar-refractivity contribution < 1.29 is 9.53 Å². The van der Waals surface area contributed by atoms with E-state index in [1.807, 2.05) is 18.2 Å². The van der Waals surface area contributed by atoms with Gasteiger partial charge in [-0.3, -0.25) is 4.79 Å². The zero-order valence-corrected chi connectivity index (χ0v) is 15.7. The maximum atomic E-state index is 12.5. The summed E-state index contributed by atoms with van der Waals surface area (Å²) in [6, 6.07) is 10.9. The molecule has 2 aromatic rings. The molecule has 0 radical (unpaired) electrons. The molecule has 126 valence electrons. The third kappa shape index (κ3) is 3.68. The molecule has 0 aromatic heterocycles. The first-order valence-corrected chi connectivity index (χ1v) is 8.95. The Bertz CT molecular complexity index is 761. The predicted octanol–water partition coefficient (Wildman–Crippen LogP) is 4.96. The van der Waals surface area contributed by atoms with Crippen molar-refractivity contribution in [2.24, 2.45) is 0 Å². The number of carbonyl (C=O) groups excluding carboxylic acids is 1. The number of nitrogens with zero attached hydrogens (tertiary/aromatic N) is 1. The van der Waals surface area contributed by atoms with Crippen molar-refractivity contribution in [1.29, 1.82) is 0 Å². The van der Waals surface area contributed by atoms with Gasteiger partial charge in [-0.2, -0.15) is 0 Å². The fourth-order valence-corrected chi connectivity index (χ4v) is 3.52. The van der Waals surface area contributed by atoms with Crippen LogP contribution < -0.4 is 15.0 Å². The van der Waals surface area contributed by atoms with Gasteiger partial charge in [-0.25, -0.2) is 0 Å². The minimum atomic E-state index is -0.238. The second-order valence-corrected chi connectivity index (χ2v) is 6.98. The predicted molar refractivity (Wildman–Crippen MR) is 102 cm³/mol. The fraction of sp³-hybridized carbons (Fsp3) is 0.278. The molecule has 2 aromatic carbocycles. The monoisotopic (exact) mass is 408 g/mol. The number of ether oxygens (including phenoxy) is 1. The number of halogens is 2. The highest BCUT2D eigenvalue weighted by molar-refractivity contribution is 9.10. The Morgan fingerprint density at radius 3 is 2.62 bits per heavy atom. The summed E-state index contributed by atoms with van der Waals surface area (Å²) in [7, 11) is 1.54. The molecule has 0 saturated carbocycles. The van der Waals surface area contributed by atoms with Crippen LogP contribution in [0.5, 0.6) is 5.75 Å². The van der Waals surface area contributed by atoms with E-state index < -0.39 is 0 Å². The number of benzene rings is 2. The molecule has 4 nitrogen and oxygen atoms in total. The first kappa shape index (κ1) is 17.1. The van der Waals surface area contributed by atoms with Crippen molar-refractivity contribution in [3.05, 3.63) is 51.5 Å². The molecule has 3 rings (SSSR count). The van der Waals surface area contributed by atoms with Crippen LogP contribution in [0.2, 0.25) is 5.02 Å². The van der Waals surface area contributed by atoms with E-state index in [0.717, 1.165) is 23.2 Å². The summed E-state index contributed by atoms with van der Waals surface area (Å²) in [6.45, 7) is 2.06. The van der Waals surface area contributed by atoms with Crippen molar-refractivity contribution in [2.75, 3.05) is 30.4 Å². The van der Waals surface area contributed by atoms with Crippen LogP contribution in [0.4, 0.5) is 11.4 Å². The zero-order valence-electron chi connectivity index (χ0n) is 13.3. The number of methoxy groups -OCH3 is 1. The summed E-state index contributed by atoms with van der Waals surface area (Å²) >= 11 is 9.77. The van der Waals surface area contributed by atoms with Gasteiger partial charge in [-0.1, -0.05) is 27.5 Å². The molecule has 6 heteroatoms. The van der Waals surface area contributed by atoms with Gasteiger partial charge in [-0.15, -0.1) is 0 Å². The van der Waals surface area contributed by atoms with E-state index in [1.54, 1.807) is 25.3 Å². The Hall–Kier alpha value is -1.72. The summed E-state index contributed by atoms with van der Waals surface area (Å²) in [5.41, 5.74) is 2.15. The fourth-order valence-electron chi connectivity index (χ4n) is 2.86. The van der Waals surface area contributed by atoms with Gasteiger partial charge < -0.3 is 15.0 Å². The third-order valence-corrected chi connectivity index (χ3v) is 4.85. The Balaban J connectivity index is 1.79. The highest BCUT2D eigenvalue weighted by Gasteiger charge is 2.17. The minimum Gasteiger partial charge on any atom is -0.496 e. The topological polar surface area (TPSA) is 41.6 Å². The number of anilines is 2. The molecule has 1 aliphatic heterocycles. The Morgan fingerprint density at radius 2 is 1.96 bits per heavy atom. The number of rotatable bonds is 4. The molecule has 1 N–H and O–H groups in total. The van der Waals surface area contributed by atoms with E-state index in [0.29, 0.717) is 22.0 Å². The maximum absolute atomic E-state index is 12.5. The van der Waals surface area contributed by atoms with E-state index in [4.69, 9.17) is 16.3 Å². The molecule has 24 heavy (non-hydrogen) atoms. The lowest BCUT2D eigenvalue weighted by atomic mass is 10.1. The molecule has 1 fully saturated rings. The highest BCUT2D eigenvalue weighted by atomic mass is 79.9. The standard InChI is InChI=1S/C18H18BrClN2O2/c1-24-17-7-4-12(19)10-14(17)18(23)21-13-5-6-16(15(20)11-13)22-8-2-3-9-22/h4-7,10-11H,2-3,8-9H2,1H3,(H,21,23). The lowest BCUT2D eigenvalue weighted by Crippen LogP contribution is -2.18.